The normalized spacial score (nSPS) is 9.06. The van der Waals surface area contributed by atoms with Crippen LogP contribution in [0.2, 0.25) is 0 Å². The first kappa shape index (κ1) is 14.6. The van der Waals surface area contributed by atoms with Gasteiger partial charge in [-0.1, -0.05) is 13.8 Å². The number of hydrogen-bond donors (Lipinski definition) is 1. The van der Waals surface area contributed by atoms with Gasteiger partial charge in [-0.3, -0.25) is 4.79 Å². The molecule has 0 atom stereocenters. The Balaban J connectivity index is 0.00000106. The third-order valence-corrected chi connectivity index (χ3v) is 1.91. The molecule has 1 aromatic carbocycles. The van der Waals surface area contributed by atoms with E-state index in [0.717, 1.165) is 0 Å². The van der Waals surface area contributed by atoms with E-state index >= 15 is 0 Å². The molecule has 0 aromatic heterocycles. The van der Waals surface area contributed by atoms with Gasteiger partial charge in [0.1, 0.15) is 0 Å². The monoisotopic (exact) mass is 227 g/mol. The number of nitrogens with one attached hydrogen (secondary N) is 1. The van der Waals surface area contributed by atoms with Crippen molar-refractivity contribution >= 4 is 6.29 Å². The lowest BCUT2D eigenvalue weighted by molar-refractivity contribution is 0.112. The average molecular weight is 227 g/mol. The molecule has 0 spiro atoms. The second-order valence-electron chi connectivity index (χ2n) is 2.83. The zero-order valence-corrected chi connectivity index (χ0v) is 10.1. The summed E-state index contributed by atoms with van der Waals surface area (Å²) in [6.45, 7) is 4.45. The summed E-state index contributed by atoms with van der Waals surface area (Å²) in [4.78, 5) is 10.7. The van der Waals surface area contributed by atoms with Crippen LogP contribution in [0, 0.1) is 5.82 Å². The quantitative estimate of drug-likeness (QED) is 0.803. The van der Waals surface area contributed by atoms with Gasteiger partial charge < -0.3 is 10.1 Å². The Hall–Kier alpha value is -1.42. The highest BCUT2D eigenvalue weighted by Crippen LogP contribution is 2.21. The molecular weight excluding hydrogens is 209 g/mol. The molecule has 0 aliphatic carbocycles. The maximum atomic E-state index is 13.2. The van der Waals surface area contributed by atoms with E-state index in [2.05, 4.69) is 5.32 Å². The maximum Gasteiger partial charge on any atom is 0.165 e. The number of hydrogen-bond acceptors (Lipinski definition) is 3. The average Bonchev–Trinajstić information content (AvgIpc) is 2.32. The molecular formula is C12H18FNO2. The predicted octanol–water partition coefficient (Wildman–Crippen LogP) is 2.39. The van der Waals surface area contributed by atoms with Gasteiger partial charge in [0.05, 0.1) is 7.11 Å². The van der Waals surface area contributed by atoms with Crippen LogP contribution in [0.1, 0.15) is 29.8 Å². The summed E-state index contributed by atoms with van der Waals surface area (Å²) in [6.07, 6.45) is 0.689. The Morgan fingerprint density at radius 1 is 1.44 bits per heavy atom. The van der Waals surface area contributed by atoms with Gasteiger partial charge in [0.15, 0.2) is 17.9 Å². The highest BCUT2D eigenvalue weighted by atomic mass is 19.1. The molecule has 1 aromatic rings. The molecule has 16 heavy (non-hydrogen) atoms. The Bertz CT molecular complexity index is 340. The lowest BCUT2D eigenvalue weighted by Crippen LogP contribution is -2.08. The molecule has 0 aliphatic rings. The fourth-order valence-corrected chi connectivity index (χ4v) is 1.22. The summed E-state index contributed by atoms with van der Waals surface area (Å²) in [5, 5.41) is 2.86. The van der Waals surface area contributed by atoms with Crippen molar-refractivity contribution in [1.29, 1.82) is 0 Å². The third kappa shape index (κ3) is 3.62. The summed E-state index contributed by atoms with van der Waals surface area (Å²) in [6, 6.07) is 2.70. The van der Waals surface area contributed by atoms with Gasteiger partial charge in [0, 0.05) is 12.1 Å². The predicted molar refractivity (Wildman–Crippen MR) is 62.5 cm³/mol. The third-order valence-electron chi connectivity index (χ3n) is 1.91. The van der Waals surface area contributed by atoms with Crippen molar-refractivity contribution < 1.29 is 13.9 Å². The van der Waals surface area contributed by atoms with Gasteiger partial charge in [0.25, 0.3) is 0 Å². The molecule has 0 amide bonds. The number of benzene rings is 1. The second-order valence-corrected chi connectivity index (χ2v) is 2.83. The fourth-order valence-electron chi connectivity index (χ4n) is 1.22. The van der Waals surface area contributed by atoms with Crippen molar-refractivity contribution in [3.05, 3.63) is 29.1 Å². The van der Waals surface area contributed by atoms with Crippen LogP contribution in [0.25, 0.3) is 0 Å². The SMILES string of the molecule is CC.CNCc1cc(F)c(OC)cc1C=O. The Labute approximate surface area is 95.6 Å². The molecule has 1 N–H and O–H groups in total. The van der Waals surface area contributed by atoms with Crippen LogP contribution >= 0.6 is 0 Å². The smallest absolute Gasteiger partial charge is 0.165 e. The molecule has 0 bridgehead atoms. The number of halogens is 1. The van der Waals surface area contributed by atoms with Crippen LogP contribution in [-0.4, -0.2) is 20.4 Å². The number of methoxy groups -OCH3 is 1. The first-order valence-electron chi connectivity index (χ1n) is 5.19. The van der Waals surface area contributed by atoms with E-state index in [1.165, 1.54) is 19.2 Å². The Morgan fingerprint density at radius 3 is 2.50 bits per heavy atom. The second kappa shape index (κ2) is 7.82. The van der Waals surface area contributed by atoms with E-state index in [9.17, 15) is 9.18 Å². The minimum absolute atomic E-state index is 0.0898. The lowest BCUT2D eigenvalue weighted by Gasteiger charge is -2.07. The standard InChI is InChI=1S/C10H12FNO2.C2H6/c1-12-5-7-3-9(11)10(14-2)4-8(7)6-13;1-2/h3-4,6,12H,5H2,1-2H3;1-2H3. The molecule has 1 rings (SSSR count). The number of carbonyl (C=O) groups excluding carboxylic acids is 1. The van der Waals surface area contributed by atoms with Crippen LogP contribution in [0.4, 0.5) is 4.39 Å². The van der Waals surface area contributed by atoms with Gasteiger partial charge >= 0.3 is 0 Å². The number of aldehydes is 1. The minimum atomic E-state index is -0.455. The van der Waals surface area contributed by atoms with Gasteiger partial charge in [0.2, 0.25) is 0 Å². The van der Waals surface area contributed by atoms with E-state index in [4.69, 9.17) is 4.74 Å². The molecule has 0 radical (unpaired) electrons. The zero-order chi connectivity index (χ0) is 12.6. The van der Waals surface area contributed by atoms with E-state index < -0.39 is 5.82 Å². The summed E-state index contributed by atoms with van der Waals surface area (Å²) < 4.78 is 18.0. The van der Waals surface area contributed by atoms with Crippen LogP contribution in [-0.2, 0) is 6.54 Å². The fraction of sp³-hybridized carbons (Fsp3) is 0.417. The molecule has 0 saturated carbocycles. The van der Waals surface area contributed by atoms with Crippen molar-refractivity contribution in [2.45, 2.75) is 20.4 Å². The summed E-state index contributed by atoms with van der Waals surface area (Å²) in [7, 11) is 3.10. The van der Waals surface area contributed by atoms with E-state index in [-0.39, 0.29) is 5.75 Å². The Morgan fingerprint density at radius 2 is 2.06 bits per heavy atom. The first-order chi connectivity index (χ1) is 7.72. The number of ether oxygens (including phenoxy) is 1. The lowest BCUT2D eigenvalue weighted by atomic mass is 10.1. The highest BCUT2D eigenvalue weighted by Gasteiger charge is 2.08. The zero-order valence-electron chi connectivity index (χ0n) is 10.1. The van der Waals surface area contributed by atoms with Crippen molar-refractivity contribution in [2.75, 3.05) is 14.2 Å². The highest BCUT2D eigenvalue weighted by molar-refractivity contribution is 5.78. The van der Waals surface area contributed by atoms with Crippen molar-refractivity contribution in [3.8, 4) is 5.75 Å². The van der Waals surface area contributed by atoms with Crippen molar-refractivity contribution in [2.24, 2.45) is 0 Å². The van der Waals surface area contributed by atoms with Crippen LogP contribution in [0.5, 0.6) is 5.75 Å². The number of carbonyl (C=O) groups is 1. The van der Waals surface area contributed by atoms with Gasteiger partial charge in [-0.15, -0.1) is 0 Å². The summed E-state index contributed by atoms with van der Waals surface area (Å²) in [5.41, 5.74) is 1.07. The van der Waals surface area contributed by atoms with E-state index in [1.54, 1.807) is 7.05 Å². The topological polar surface area (TPSA) is 38.3 Å². The molecule has 0 unspecified atom stereocenters. The van der Waals surface area contributed by atoms with Crippen LogP contribution in [0.15, 0.2) is 12.1 Å². The van der Waals surface area contributed by atoms with Crippen molar-refractivity contribution in [1.82, 2.24) is 5.32 Å². The van der Waals surface area contributed by atoms with Crippen LogP contribution < -0.4 is 10.1 Å². The largest absolute Gasteiger partial charge is 0.494 e. The minimum Gasteiger partial charge on any atom is -0.494 e. The van der Waals surface area contributed by atoms with Gasteiger partial charge in [-0.05, 0) is 24.7 Å². The maximum absolute atomic E-state index is 13.2. The number of rotatable bonds is 4. The molecule has 90 valence electrons. The first-order valence-corrected chi connectivity index (χ1v) is 5.19. The van der Waals surface area contributed by atoms with E-state index in [1.807, 2.05) is 13.8 Å². The van der Waals surface area contributed by atoms with Gasteiger partial charge in [-0.2, -0.15) is 0 Å². The van der Waals surface area contributed by atoms with E-state index in [0.29, 0.717) is 24.0 Å². The molecule has 0 aliphatic heterocycles. The van der Waals surface area contributed by atoms with Crippen molar-refractivity contribution in [3.63, 3.8) is 0 Å². The summed E-state index contributed by atoms with van der Waals surface area (Å²) in [5.74, 6) is -0.365. The molecule has 0 fully saturated rings. The molecule has 0 heterocycles. The van der Waals surface area contributed by atoms with Crippen LogP contribution in [0.3, 0.4) is 0 Å². The van der Waals surface area contributed by atoms with Gasteiger partial charge in [-0.25, -0.2) is 4.39 Å². The molecule has 4 heteroatoms. The Kier molecular flexibility index (Phi) is 7.12. The summed E-state index contributed by atoms with van der Waals surface area (Å²) >= 11 is 0. The molecule has 0 saturated heterocycles. The molecule has 3 nitrogen and oxygen atoms in total.